The Hall–Kier alpha value is -1.92. The Morgan fingerprint density at radius 1 is 0.439 bits per heavy atom. The van der Waals surface area contributed by atoms with Gasteiger partial charge in [0, 0.05) is 6.42 Å². The topological polar surface area (TPSA) is 95.9 Å². The van der Waals surface area contributed by atoms with E-state index in [1.165, 1.54) is 193 Å². The minimum atomic E-state index is -0.790. The standard InChI is InChI=1S/C60H113NO5/c1-4-7-10-13-16-19-22-25-27-29-31-34-37-40-43-46-49-52-58(63)57(55-62)61-59(64)54-56(51-48-45-42-39-36-33-24-21-18-15-12-9-6-3)66-60(65)53-50-47-44-41-38-35-32-30-28-26-23-20-17-14-11-8-5-2/h17,20-21,24,26,28,56-58,62-63H,4-16,18-19,22-23,25,27,29-55H2,1-3H3,(H,61,64)/b20-17-,24-21-,28-26-. The molecule has 6 nitrogen and oxygen atoms in total. The monoisotopic (exact) mass is 928 g/mol. The van der Waals surface area contributed by atoms with E-state index in [1.54, 1.807) is 0 Å². The molecule has 6 heteroatoms. The molecule has 0 aliphatic rings. The normalized spacial score (nSPS) is 13.3. The Kier molecular flexibility index (Phi) is 52.5. The number of aliphatic hydroxyl groups is 2. The summed E-state index contributed by atoms with van der Waals surface area (Å²) in [6.45, 7) is 6.48. The van der Waals surface area contributed by atoms with Crippen LogP contribution >= 0.6 is 0 Å². The lowest BCUT2D eigenvalue weighted by molar-refractivity contribution is -0.151. The number of unbranched alkanes of at least 4 members (excludes halogenated alkanes) is 35. The zero-order valence-corrected chi connectivity index (χ0v) is 44.3. The van der Waals surface area contributed by atoms with E-state index in [2.05, 4.69) is 62.5 Å². The maximum absolute atomic E-state index is 13.3. The lowest BCUT2D eigenvalue weighted by Crippen LogP contribution is -2.46. The van der Waals surface area contributed by atoms with Gasteiger partial charge in [0.15, 0.2) is 0 Å². The predicted molar refractivity (Wildman–Crippen MR) is 287 cm³/mol. The Labute approximate surface area is 411 Å². The Morgan fingerprint density at radius 3 is 1.21 bits per heavy atom. The van der Waals surface area contributed by atoms with Gasteiger partial charge in [0.25, 0.3) is 0 Å². The van der Waals surface area contributed by atoms with Crippen LogP contribution < -0.4 is 5.32 Å². The third kappa shape index (κ3) is 48.5. The van der Waals surface area contributed by atoms with E-state index in [1.807, 2.05) is 0 Å². The highest BCUT2D eigenvalue weighted by atomic mass is 16.5. The average molecular weight is 929 g/mol. The zero-order chi connectivity index (χ0) is 48.1. The molecule has 0 aliphatic heterocycles. The molecular formula is C60H113NO5. The van der Waals surface area contributed by atoms with Crippen LogP contribution in [0.3, 0.4) is 0 Å². The lowest BCUT2D eigenvalue weighted by atomic mass is 10.0. The van der Waals surface area contributed by atoms with Crippen LogP contribution in [0.5, 0.6) is 0 Å². The second-order valence-corrected chi connectivity index (χ2v) is 20.0. The molecule has 0 aromatic rings. The molecule has 0 saturated carbocycles. The first-order valence-corrected chi connectivity index (χ1v) is 29.2. The largest absolute Gasteiger partial charge is 0.462 e. The summed E-state index contributed by atoms with van der Waals surface area (Å²) in [4.78, 5) is 26.3. The van der Waals surface area contributed by atoms with Crippen molar-refractivity contribution in [2.75, 3.05) is 6.61 Å². The van der Waals surface area contributed by atoms with Crippen LogP contribution in [0.4, 0.5) is 0 Å². The van der Waals surface area contributed by atoms with E-state index in [-0.39, 0.29) is 24.9 Å². The average Bonchev–Trinajstić information content (AvgIpc) is 3.31. The summed E-state index contributed by atoms with van der Waals surface area (Å²) in [6, 6.07) is -0.705. The second-order valence-electron chi connectivity index (χ2n) is 20.0. The van der Waals surface area contributed by atoms with Crippen LogP contribution in [0.15, 0.2) is 36.5 Å². The fraction of sp³-hybridized carbons (Fsp3) is 0.867. The SMILES string of the molecule is CCCCC/C=C\C/C=C\CCCCCCCCCC(=O)OC(CCCCCCC/C=C\CCCCCC)CC(=O)NC(CO)C(O)CCCCCCCCCCCCCCCCCCC. The van der Waals surface area contributed by atoms with Gasteiger partial charge in [0.1, 0.15) is 6.10 Å². The quantitative estimate of drug-likeness (QED) is 0.0321. The molecule has 0 fully saturated rings. The molecule has 3 atom stereocenters. The highest BCUT2D eigenvalue weighted by molar-refractivity contribution is 5.77. The van der Waals surface area contributed by atoms with Crippen molar-refractivity contribution in [2.45, 2.75) is 328 Å². The van der Waals surface area contributed by atoms with Gasteiger partial charge < -0.3 is 20.3 Å². The molecule has 66 heavy (non-hydrogen) atoms. The highest BCUT2D eigenvalue weighted by Crippen LogP contribution is 2.18. The number of carbonyl (C=O) groups excluding carboxylic acids is 2. The Bertz CT molecular complexity index is 1090. The fourth-order valence-electron chi connectivity index (χ4n) is 8.99. The van der Waals surface area contributed by atoms with Crippen LogP contribution in [0.2, 0.25) is 0 Å². The summed E-state index contributed by atoms with van der Waals surface area (Å²) in [7, 11) is 0. The van der Waals surface area contributed by atoms with Crippen LogP contribution in [0.1, 0.15) is 310 Å². The third-order valence-electron chi connectivity index (χ3n) is 13.4. The van der Waals surface area contributed by atoms with Crippen molar-refractivity contribution in [3.63, 3.8) is 0 Å². The summed E-state index contributed by atoms with van der Waals surface area (Å²) >= 11 is 0. The highest BCUT2D eigenvalue weighted by Gasteiger charge is 2.24. The first kappa shape index (κ1) is 64.1. The van der Waals surface area contributed by atoms with Crippen LogP contribution in [-0.2, 0) is 14.3 Å². The molecule has 3 unspecified atom stereocenters. The van der Waals surface area contributed by atoms with Gasteiger partial charge in [-0.2, -0.15) is 0 Å². The number of hydrogen-bond donors (Lipinski definition) is 3. The van der Waals surface area contributed by atoms with E-state index in [4.69, 9.17) is 4.74 Å². The van der Waals surface area contributed by atoms with Gasteiger partial charge in [0.2, 0.25) is 5.91 Å². The summed E-state index contributed by atoms with van der Waals surface area (Å²) in [5.41, 5.74) is 0. The van der Waals surface area contributed by atoms with Gasteiger partial charge >= 0.3 is 5.97 Å². The molecule has 0 radical (unpaired) electrons. The van der Waals surface area contributed by atoms with Gasteiger partial charge in [-0.25, -0.2) is 0 Å². The molecule has 0 rings (SSSR count). The summed E-state index contributed by atoms with van der Waals surface area (Å²) in [5.74, 6) is -0.477. The molecule has 3 N–H and O–H groups in total. The fourth-order valence-corrected chi connectivity index (χ4v) is 8.99. The predicted octanol–water partition coefficient (Wildman–Crippen LogP) is 18.0. The molecule has 1 amide bonds. The lowest BCUT2D eigenvalue weighted by Gasteiger charge is -2.24. The van der Waals surface area contributed by atoms with Crippen LogP contribution in [0.25, 0.3) is 0 Å². The number of hydrogen-bond acceptors (Lipinski definition) is 5. The Morgan fingerprint density at radius 2 is 0.773 bits per heavy atom. The van der Waals surface area contributed by atoms with Gasteiger partial charge in [0.05, 0.1) is 25.2 Å². The molecular weight excluding hydrogens is 815 g/mol. The maximum atomic E-state index is 13.3. The van der Waals surface area contributed by atoms with E-state index in [9.17, 15) is 19.8 Å². The summed E-state index contributed by atoms with van der Waals surface area (Å²) < 4.78 is 5.95. The van der Waals surface area contributed by atoms with Gasteiger partial charge in [-0.1, -0.05) is 250 Å². The minimum Gasteiger partial charge on any atom is -0.462 e. The Balaban J connectivity index is 4.50. The van der Waals surface area contributed by atoms with Crippen molar-refractivity contribution < 1.29 is 24.5 Å². The number of rotatable bonds is 53. The second kappa shape index (κ2) is 54.0. The molecule has 388 valence electrons. The number of aliphatic hydroxyl groups excluding tert-OH is 2. The van der Waals surface area contributed by atoms with E-state index >= 15 is 0 Å². The van der Waals surface area contributed by atoms with Crippen molar-refractivity contribution in [3.8, 4) is 0 Å². The number of allylic oxidation sites excluding steroid dienone is 6. The number of ether oxygens (including phenoxy) is 1. The third-order valence-corrected chi connectivity index (χ3v) is 13.4. The zero-order valence-electron chi connectivity index (χ0n) is 44.3. The first-order valence-electron chi connectivity index (χ1n) is 29.2. The van der Waals surface area contributed by atoms with Crippen molar-refractivity contribution in [2.24, 2.45) is 0 Å². The number of nitrogens with one attached hydrogen (secondary N) is 1. The number of amides is 1. The summed E-state index contributed by atoms with van der Waals surface area (Å²) in [6.07, 6.45) is 64.9. The molecule has 0 bridgehead atoms. The van der Waals surface area contributed by atoms with Crippen LogP contribution in [0, 0.1) is 0 Å². The van der Waals surface area contributed by atoms with E-state index in [0.717, 1.165) is 70.6 Å². The molecule has 0 aromatic heterocycles. The number of carbonyl (C=O) groups is 2. The molecule has 0 saturated heterocycles. The smallest absolute Gasteiger partial charge is 0.306 e. The van der Waals surface area contributed by atoms with Crippen molar-refractivity contribution in [1.29, 1.82) is 0 Å². The molecule has 0 heterocycles. The van der Waals surface area contributed by atoms with Gasteiger partial charge in [-0.05, 0) is 83.5 Å². The first-order chi connectivity index (χ1) is 32.5. The van der Waals surface area contributed by atoms with E-state index in [0.29, 0.717) is 19.3 Å². The van der Waals surface area contributed by atoms with Crippen LogP contribution in [-0.4, -0.2) is 46.9 Å². The maximum Gasteiger partial charge on any atom is 0.306 e. The van der Waals surface area contributed by atoms with Gasteiger partial charge in [-0.3, -0.25) is 9.59 Å². The molecule has 0 aliphatic carbocycles. The molecule has 0 spiro atoms. The number of esters is 1. The van der Waals surface area contributed by atoms with E-state index < -0.39 is 18.2 Å². The van der Waals surface area contributed by atoms with Gasteiger partial charge in [-0.15, -0.1) is 0 Å². The van der Waals surface area contributed by atoms with Crippen molar-refractivity contribution in [1.82, 2.24) is 5.32 Å². The minimum absolute atomic E-state index is 0.0715. The molecule has 0 aromatic carbocycles. The van der Waals surface area contributed by atoms with Crippen molar-refractivity contribution in [3.05, 3.63) is 36.5 Å². The van der Waals surface area contributed by atoms with Crippen molar-refractivity contribution >= 4 is 11.9 Å². The summed E-state index contributed by atoms with van der Waals surface area (Å²) in [5, 5.41) is 23.9.